The van der Waals surface area contributed by atoms with Crippen molar-refractivity contribution in [2.45, 2.75) is 26.4 Å². The van der Waals surface area contributed by atoms with Gasteiger partial charge >= 0.3 is 0 Å². The average Bonchev–Trinajstić information content (AvgIpc) is 2.46. The minimum atomic E-state index is -0.206. The van der Waals surface area contributed by atoms with E-state index in [1.54, 1.807) is 12.4 Å². The van der Waals surface area contributed by atoms with Gasteiger partial charge in [-0.25, -0.2) is 0 Å². The number of carbonyl (C=O) groups is 1. The summed E-state index contributed by atoms with van der Waals surface area (Å²) in [5.74, 6) is 0.115. The Morgan fingerprint density at radius 3 is 2.63 bits per heavy atom. The molecular formula is C16H18N2O. The van der Waals surface area contributed by atoms with E-state index < -0.39 is 0 Å². The van der Waals surface area contributed by atoms with Crippen molar-refractivity contribution in [3.8, 4) is 0 Å². The van der Waals surface area contributed by atoms with Crippen LogP contribution < -0.4 is 5.32 Å². The maximum atomic E-state index is 12.2. The minimum Gasteiger partial charge on any atom is -0.303 e. The lowest BCUT2D eigenvalue weighted by molar-refractivity contribution is 0.0950. The molecular weight excluding hydrogens is 236 g/mol. The molecule has 0 bridgehead atoms. The molecule has 3 heteroatoms. The Morgan fingerprint density at radius 1 is 1.26 bits per heavy atom. The number of pyridine rings is 1. The van der Waals surface area contributed by atoms with Crippen molar-refractivity contribution >= 4 is 5.78 Å². The van der Waals surface area contributed by atoms with Gasteiger partial charge in [0.1, 0.15) is 0 Å². The summed E-state index contributed by atoms with van der Waals surface area (Å²) >= 11 is 0. The van der Waals surface area contributed by atoms with Crippen LogP contribution in [0, 0.1) is 6.92 Å². The van der Waals surface area contributed by atoms with Crippen LogP contribution in [0.3, 0.4) is 0 Å². The Bertz CT molecular complexity index is 534. The van der Waals surface area contributed by atoms with E-state index in [0.717, 1.165) is 16.7 Å². The summed E-state index contributed by atoms with van der Waals surface area (Å²) in [6.07, 6.45) is 3.54. The third kappa shape index (κ3) is 3.73. The Morgan fingerprint density at radius 2 is 2.00 bits per heavy atom. The van der Waals surface area contributed by atoms with Crippen molar-refractivity contribution in [1.82, 2.24) is 10.3 Å². The molecule has 1 unspecified atom stereocenters. The van der Waals surface area contributed by atoms with Gasteiger partial charge in [-0.15, -0.1) is 0 Å². The monoisotopic (exact) mass is 254 g/mol. The van der Waals surface area contributed by atoms with E-state index in [1.165, 1.54) is 0 Å². The summed E-state index contributed by atoms with van der Waals surface area (Å²) in [6, 6.07) is 11.3. The van der Waals surface area contributed by atoms with Crippen molar-refractivity contribution in [2.24, 2.45) is 0 Å². The van der Waals surface area contributed by atoms with Crippen molar-refractivity contribution in [3.63, 3.8) is 0 Å². The van der Waals surface area contributed by atoms with Gasteiger partial charge in [-0.2, -0.15) is 0 Å². The standard InChI is InChI=1S/C16H18N2O/c1-12-5-7-15(8-6-12)16(19)13(2)18-11-14-4-3-9-17-10-14/h3-10,13,18H,11H2,1-2H3. The summed E-state index contributed by atoms with van der Waals surface area (Å²) in [4.78, 5) is 16.2. The lowest BCUT2D eigenvalue weighted by atomic mass is 10.0. The first kappa shape index (κ1) is 13.4. The summed E-state index contributed by atoms with van der Waals surface area (Å²) in [5.41, 5.74) is 2.98. The maximum absolute atomic E-state index is 12.2. The van der Waals surface area contributed by atoms with Crippen molar-refractivity contribution in [1.29, 1.82) is 0 Å². The summed E-state index contributed by atoms with van der Waals surface area (Å²) in [7, 11) is 0. The number of Topliss-reactive ketones (excluding diaryl/α,β-unsaturated/α-hetero) is 1. The second kappa shape index (κ2) is 6.25. The number of hydrogen-bond donors (Lipinski definition) is 1. The number of ketones is 1. The Kier molecular flexibility index (Phi) is 4.42. The first-order chi connectivity index (χ1) is 9.16. The fourth-order valence-electron chi connectivity index (χ4n) is 1.83. The molecule has 0 aliphatic heterocycles. The Balaban J connectivity index is 1.94. The number of benzene rings is 1. The van der Waals surface area contributed by atoms with Crippen LogP contribution in [-0.2, 0) is 6.54 Å². The number of nitrogens with one attached hydrogen (secondary N) is 1. The third-order valence-electron chi connectivity index (χ3n) is 3.06. The van der Waals surface area contributed by atoms with Gasteiger partial charge in [0.2, 0.25) is 0 Å². The molecule has 19 heavy (non-hydrogen) atoms. The van der Waals surface area contributed by atoms with Gasteiger partial charge in [0, 0.05) is 24.5 Å². The lowest BCUT2D eigenvalue weighted by Gasteiger charge is -2.13. The molecule has 1 N–H and O–H groups in total. The van der Waals surface area contributed by atoms with E-state index in [0.29, 0.717) is 6.54 Å². The first-order valence-electron chi connectivity index (χ1n) is 6.40. The molecule has 2 aromatic rings. The molecule has 0 radical (unpaired) electrons. The van der Waals surface area contributed by atoms with Gasteiger partial charge in [0.05, 0.1) is 6.04 Å². The normalized spacial score (nSPS) is 12.1. The molecule has 1 atom stereocenters. The van der Waals surface area contributed by atoms with Crippen LogP contribution in [0.15, 0.2) is 48.8 Å². The third-order valence-corrected chi connectivity index (χ3v) is 3.06. The van der Waals surface area contributed by atoms with Crippen LogP contribution in [-0.4, -0.2) is 16.8 Å². The molecule has 2 rings (SSSR count). The fourth-order valence-corrected chi connectivity index (χ4v) is 1.83. The Labute approximate surface area is 113 Å². The number of carbonyl (C=O) groups excluding carboxylic acids is 1. The Hall–Kier alpha value is -2.00. The highest BCUT2D eigenvalue weighted by molar-refractivity contribution is 5.99. The predicted molar refractivity (Wildman–Crippen MR) is 76.0 cm³/mol. The van der Waals surface area contributed by atoms with Gasteiger partial charge in [-0.05, 0) is 25.5 Å². The van der Waals surface area contributed by atoms with Crippen LogP contribution in [0.2, 0.25) is 0 Å². The highest BCUT2D eigenvalue weighted by atomic mass is 16.1. The van der Waals surface area contributed by atoms with Crippen LogP contribution in [0.1, 0.15) is 28.4 Å². The molecule has 0 aliphatic rings. The molecule has 0 saturated heterocycles. The molecule has 3 nitrogen and oxygen atoms in total. The number of aromatic nitrogens is 1. The van der Waals surface area contributed by atoms with E-state index in [-0.39, 0.29) is 11.8 Å². The van der Waals surface area contributed by atoms with E-state index in [9.17, 15) is 4.79 Å². The van der Waals surface area contributed by atoms with E-state index in [2.05, 4.69) is 10.3 Å². The van der Waals surface area contributed by atoms with Crippen LogP contribution >= 0.6 is 0 Å². The molecule has 0 aliphatic carbocycles. The zero-order valence-electron chi connectivity index (χ0n) is 11.3. The van der Waals surface area contributed by atoms with Crippen molar-refractivity contribution in [2.75, 3.05) is 0 Å². The average molecular weight is 254 g/mol. The maximum Gasteiger partial charge on any atom is 0.179 e. The van der Waals surface area contributed by atoms with Gasteiger partial charge in [-0.1, -0.05) is 35.9 Å². The minimum absolute atomic E-state index is 0.115. The second-order valence-electron chi connectivity index (χ2n) is 4.69. The number of hydrogen-bond acceptors (Lipinski definition) is 3. The van der Waals surface area contributed by atoms with Gasteiger partial charge in [0.25, 0.3) is 0 Å². The number of nitrogens with zero attached hydrogens (tertiary/aromatic N) is 1. The van der Waals surface area contributed by atoms with E-state index in [4.69, 9.17) is 0 Å². The molecule has 1 heterocycles. The molecule has 0 fully saturated rings. The topological polar surface area (TPSA) is 42.0 Å². The molecule has 0 saturated carbocycles. The van der Waals surface area contributed by atoms with Crippen molar-refractivity contribution < 1.29 is 4.79 Å². The summed E-state index contributed by atoms with van der Waals surface area (Å²) < 4.78 is 0. The molecule has 0 amide bonds. The van der Waals surface area contributed by atoms with Gasteiger partial charge < -0.3 is 5.32 Å². The van der Waals surface area contributed by atoms with Gasteiger partial charge in [0.15, 0.2) is 5.78 Å². The zero-order valence-corrected chi connectivity index (χ0v) is 11.3. The second-order valence-corrected chi connectivity index (χ2v) is 4.69. The summed E-state index contributed by atoms with van der Waals surface area (Å²) in [6.45, 7) is 4.55. The van der Waals surface area contributed by atoms with Crippen LogP contribution in [0.5, 0.6) is 0 Å². The SMILES string of the molecule is Cc1ccc(C(=O)C(C)NCc2cccnc2)cc1. The van der Waals surface area contributed by atoms with Gasteiger partial charge in [-0.3, -0.25) is 9.78 Å². The van der Waals surface area contributed by atoms with E-state index >= 15 is 0 Å². The summed E-state index contributed by atoms with van der Waals surface area (Å²) in [5, 5.41) is 3.22. The molecule has 98 valence electrons. The molecule has 0 spiro atoms. The highest BCUT2D eigenvalue weighted by Gasteiger charge is 2.14. The predicted octanol–water partition coefficient (Wildman–Crippen LogP) is 2.75. The smallest absolute Gasteiger partial charge is 0.179 e. The number of rotatable bonds is 5. The quantitative estimate of drug-likeness (QED) is 0.834. The van der Waals surface area contributed by atoms with E-state index in [1.807, 2.05) is 50.2 Å². The first-order valence-corrected chi connectivity index (χ1v) is 6.40. The largest absolute Gasteiger partial charge is 0.303 e. The fraction of sp³-hybridized carbons (Fsp3) is 0.250. The van der Waals surface area contributed by atoms with Crippen LogP contribution in [0.4, 0.5) is 0 Å². The van der Waals surface area contributed by atoms with Crippen molar-refractivity contribution in [3.05, 3.63) is 65.5 Å². The molecule has 1 aromatic carbocycles. The highest BCUT2D eigenvalue weighted by Crippen LogP contribution is 2.07. The zero-order chi connectivity index (χ0) is 13.7. The molecule has 1 aromatic heterocycles. The number of aryl methyl sites for hydroxylation is 1. The van der Waals surface area contributed by atoms with Crippen LogP contribution in [0.25, 0.3) is 0 Å². The lowest BCUT2D eigenvalue weighted by Crippen LogP contribution is -2.33.